The summed E-state index contributed by atoms with van der Waals surface area (Å²) in [6.45, 7) is 0. The Kier molecular flexibility index (Phi) is 5.04. The van der Waals surface area contributed by atoms with Crippen LogP contribution < -0.4 is 4.74 Å². The molecular weight excluding hydrogens is 368 g/mol. The highest BCUT2D eigenvalue weighted by Crippen LogP contribution is 2.49. The van der Waals surface area contributed by atoms with E-state index in [1.54, 1.807) is 0 Å². The number of hydrogen-bond donors (Lipinski definition) is 1. The van der Waals surface area contributed by atoms with Gasteiger partial charge in [-0.3, -0.25) is 0 Å². The number of alkyl halides is 8. The van der Waals surface area contributed by atoms with Crippen molar-refractivity contribution in [3.63, 3.8) is 0 Å². The standard InChI is InChI=1S/C11H5ClF8O3/c12-6-3-4(1-2-5(6)7(21)22)23-8(13)9(14,15)10(16,17)11(18,19)20/h1-3,8H,(H,21,22). The van der Waals surface area contributed by atoms with Crippen LogP contribution >= 0.6 is 11.6 Å². The first kappa shape index (κ1) is 19.3. The minimum absolute atomic E-state index is 0.472. The Labute approximate surface area is 127 Å². The molecule has 130 valence electrons. The Morgan fingerprint density at radius 2 is 1.65 bits per heavy atom. The van der Waals surface area contributed by atoms with Crippen molar-refractivity contribution in [2.45, 2.75) is 24.4 Å². The summed E-state index contributed by atoms with van der Waals surface area (Å²) in [5.41, 5.74) is -0.554. The maximum absolute atomic E-state index is 13.2. The summed E-state index contributed by atoms with van der Waals surface area (Å²) >= 11 is 5.39. The van der Waals surface area contributed by atoms with E-state index < -0.39 is 46.7 Å². The van der Waals surface area contributed by atoms with E-state index in [1.807, 2.05) is 0 Å². The van der Waals surface area contributed by atoms with Gasteiger partial charge in [0.2, 0.25) is 0 Å². The lowest BCUT2D eigenvalue weighted by atomic mass is 10.1. The molecule has 0 heterocycles. The molecule has 0 spiro atoms. The minimum atomic E-state index is -6.71. The van der Waals surface area contributed by atoms with Crippen LogP contribution in [0.1, 0.15) is 10.4 Å². The number of carbonyl (C=O) groups is 1. The van der Waals surface area contributed by atoms with Crippen molar-refractivity contribution in [1.29, 1.82) is 0 Å². The first-order chi connectivity index (χ1) is 10.2. The number of halogens is 9. The zero-order valence-corrected chi connectivity index (χ0v) is 11.2. The second-order valence-corrected chi connectivity index (χ2v) is 4.48. The normalized spacial score (nSPS) is 14.5. The van der Waals surface area contributed by atoms with E-state index >= 15 is 0 Å². The van der Waals surface area contributed by atoms with Crippen LogP contribution in [0.5, 0.6) is 5.75 Å². The summed E-state index contributed by atoms with van der Waals surface area (Å²) in [5.74, 6) is -15.4. The van der Waals surface area contributed by atoms with Crippen LogP contribution in [0.25, 0.3) is 0 Å². The van der Waals surface area contributed by atoms with Crippen molar-refractivity contribution in [3.05, 3.63) is 28.8 Å². The third kappa shape index (κ3) is 3.59. The van der Waals surface area contributed by atoms with Crippen LogP contribution in [0.2, 0.25) is 5.02 Å². The molecule has 1 atom stereocenters. The van der Waals surface area contributed by atoms with Gasteiger partial charge in [-0.2, -0.15) is 35.1 Å². The average molecular weight is 373 g/mol. The second-order valence-electron chi connectivity index (χ2n) is 4.08. The van der Waals surface area contributed by atoms with Crippen molar-refractivity contribution in [2.75, 3.05) is 0 Å². The molecular formula is C11H5ClF8O3. The smallest absolute Gasteiger partial charge is 0.460 e. The molecule has 0 aliphatic heterocycles. The molecule has 3 nitrogen and oxygen atoms in total. The molecule has 0 saturated carbocycles. The quantitative estimate of drug-likeness (QED) is 0.772. The van der Waals surface area contributed by atoms with Crippen LogP contribution in [0.3, 0.4) is 0 Å². The number of rotatable bonds is 5. The van der Waals surface area contributed by atoms with E-state index in [0.717, 1.165) is 0 Å². The highest BCUT2D eigenvalue weighted by molar-refractivity contribution is 6.33. The predicted octanol–water partition coefficient (Wildman–Crippen LogP) is 4.55. The zero-order valence-electron chi connectivity index (χ0n) is 10.5. The third-order valence-corrected chi connectivity index (χ3v) is 2.78. The predicted molar refractivity (Wildman–Crippen MR) is 59.9 cm³/mol. The van der Waals surface area contributed by atoms with Gasteiger partial charge < -0.3 is 9.84 Å². The molecule has 1 unspecified atom stereocenters. The SMILES string of the molecule is O=C(O)c1ccc(OC(F)C(F)(F)C(F)(F)C(F)(F)F)cc1Cl. The molecule has 0 fully saturated rings. The number of hydrogen-bond acceptors (Lipinski definition) is 2. The molecule has 0 radical (unpaired) electrons. The third-order valence-electron chi connectivity index (χ3n) is 2.47. The van der Waals surface area contributed by atoms with E-state index in [9.17, 15) is 39.9 Å². The first-order valence-corrected chi connectivity index (χ1v) is 5.75. The topological polar surface area (TPSA) is 46.5 Å². The van der Waals surface area contributed by atoms with Crippen LogP contribution in [0.15, 0.2) is 18.2 Å². The number of carboxylic acids is 1. The van der Waals surface area contributed by atoms with Gasteiger partial charge in [-0.15, -0.1) is 0 Å². The van der Waals surface area contributed by atoms with Gasteiger partial charge in [-0.1, -0.05) is 11.6 Å². The van der Waals surface area contributed by atoms with E-state index in [0.29, 0.717) is 18.2 Å². The Balaban J connectivity index is 3.05. The number of benzene rings is 1. The maximum Gasteiger partial charge on any atom is 0.460 e. The fourth-order valence-electron chi connectivity index (χ4n) is 1.27. The zero-order chi connectivity index (χ0) is 18.2. The van der Waals surface area contributed by atoms with Crippen molar-refractivity contribution in [1.82, 2.24) is 0 Å². The Bertz CT molecular complexity index is 601. The summed E-state index contributed by atoms with van der Waals surface area (Å²) in [4.78, 5) is 10.6. The lowest BCUT2D eigenvalue weighted by Gasteiger charge is -2.30. The van der Waals surface area contributed by atoms with Gasteiger partial charge >= 0.3 is 30.3 Å². The second kappa shape index (κ2) is 6.02. The van der Waals surface area contributed by atoms with Gasteiger partial charge in [0.05, 0.1) is 10.6 Å². The molecule has 0 aliphatic carbocycles. The first-order valence-electron chi connectivity index (χ1n) is 5.37. The van der Waals surface area contributed by atoms with Crippen molar-refractivity contribution in [2.24, 2.45) is 0 Å². The fourth-order valence-corrected chi connectivity index (χ4v) is 1.52. The lowest BCUT2D eigenvalue weighted by Crippen LogP contribution is -2.58. The molecule has 0 amide bonds. The van der Waals surface area contributed by atoms with Crippen molar-refractivity contribution >= 4 is 17.6 Å². The summed E-state index contributed by atoms with van der Waals surface area (Å²) in [7, 11) is 0. The number of ether oxygens (including phenoxy) is 1. The van der Waals surface area contributed by atoms with Crippen LogP contribution in [0, 0.1) is 0 Å². The summed E-state index contributed by atoms with van der Waals surface area (Å²) in [5, 5.41) is 7.99. The van der Waals surface area contributed by atoms with E-state index in [1.165, 1.54) is 0 Å². The molecule has 0 saturated heterocycles. The molecule has 0 aromatic heterocycles. The van der Waals surface area contributed by atoms with Gasteiger partial charge in [-0.25, -0.2) is 4.79 Å². The van der Waals surface area contributed by atoms with Crippen LogP contribution in [-0.4, -0.2) is 35.5 Å². The van der Waals surface area contributed by atoms with Crippen molar-refractivity contribution in [3.8, 4) is 5.75 Å². The van der Waals surface area contributed by atoms with Crippen molar-refractivity contribution < 1.29 is 49.8 Å². The highest BCUT2D eigenvalue weighted by atomic mass is 35.5. The summed E-state index contributed by atoms with van der Waals surface area (Å²) in [6, 6.07) is 1.69. The van der Waals surface area contributed by atoms with Gasteiger partial charge in [0.1, 0.15) is 5.75 Å². The number of carboxylic acid groups (broad SMARTS) is 1. The molecule has 23 heavy (non-hydrogen) atoms. The van der Waals surface area contributed by atoms with Gasteiger partial charge in [0.15, 0.2) is 0 Å². The molecule has 1 N–H and O–H groups in total. The average Bonchev–Trinajstić information content (AvgIpc) is 2.36. The Morgan fingerprint density at radius 3 is 2.04 bits per heavy atom. The van der Waals surface area contributed by atoms with E-state index in [4.69, 9.17) is 16.7 Å². The minimum Gasteiger partial charge on any atom is -0.478 e. The molecule has 12 heteroatoms. The fraction of sp³-hybridized carbons (Fsp3) is 0.364. The van der Waals surface area contributed by atoms with Crippen LogP contribution in [0.4, 0.5) is 35.1 Å². The highest BCUT2D eigenvalue weighted by Gasteiger charge is 2.77. The summed E-state index contributed by atoms with van der Waals surface area (Å²) < 4.78 is 104. The molecule has 1 aromatic carbocycles. The molecule has 0 bridgehead atoms. The lowest BCUT2D eigenvalue weighted by molar-refractivity contribution is -0.379. The van der Waals surface area contributed by atoms with Crippen LogP contribution in [-0.2, 0) is 0 Å². The number of aromatic carboxylic acids is 1. The molecule has 0 aliphatic rings. The van der Waals surface area contributed by atoms with Gasteiger partial charge in [0.25, 0.3) is 0 Å². The molecule has 1 aromatic rings. The van der Waals surface area contributed by atoms with E-state index in [2.05, 4.69) is 4.74 Å². The Morgan fingerprint density at radius 1 is 1.13 bits per heavy atom. The Hall–Kier alpha value is -1.78. The van der Waals surface area contributed by atoms with E-state index in [-0.39, 0.29) is 0 Å². The summed E-state index contributed by atoms with van der Waals surface area (Å²) in [6.07, 6.45) is -11.1. The van der Waals surface area contributed by atoms with Gasteiger partial charge in [0, 0.05) is 0 Å². The monoisotopic (exact) mass is 372 g/mol. The van der Waals surface area contributed by atoms with Gasteiger partial charge in [-0.05, 0) is 18.2 Å². The maximum atomic E-state index is 13.2. The molecule has 1 rings (SSSR count). The largest absolute Gasteiger partial charge is 0.478 e.